The second kappa shape index (κ2) is 8.96. The van der Waals surface area contributed by atoms with E-state index in [1.54, 1.807) is 0 Å². The standard InChI is InChI=1S/C16H20F2N2O3S/c1-10(13(21)20-11-6-3-2-4-7-11)23-15(22)12-8-5-9-19-14(12)24-16(17)18/h5,8-11,16H,2-4,6-7H2,1H3,(H,20,21). The average Bonchev–Trinajstić information content (AvgIpc) is 2.55. The molecule has 1 saturated carbocycles. The van der Waals surface area contributed by atoms with Gasteiger partial charge in [-0.05, 0) is 43.7 Å². The Morgan fingerprint density at radius 2 is 2.04 bits per heavy atom. The Hall–Kier alpha value is -1.70. The molecular weight excluding hydrogens is 338 g/mol. The summed E-state index contributed by atoms with van der Waals surface area (Å²) >= 11 is 0.172. The highest BCUT2D eigenvalue weighted by molar-refractivity contribution is 7.99. The first-order chi connectivity index (χ1) is 11.5. The van der Waals surface area contributed by atoms with Crippen LogP contribution in [-0.2, 0) is 9.53 Å². The first-order valence-electron chi connectivity index (χ1n) is 7.88. The second-order valence-electron chi connectivity index (χ2n) is 5.63. The van der Waals surface area contributed by atoms with Crippen LogP contribution in [0.1, 0.15) is 49.4 Å². The molecule has 0 aromatic carbocycles. The van der Waals surface area contributed by atoms with E-state index in [0.29, 0.717) is 0 Å². The molecule has 1 N–H and O–H groups in total. The van der Waals surface area contributed by atoms with Crippen LogP contribution in [0.5, 0.6) is 0 Å². The number of nitrogens with zero attached hydrogens (tertiary/aromatic N) is 1. The molecule has 1 heterocycles. The summed E-state index contributed by atoms with van der Waals surface area (Å²) in [4.78, 5) is 28.0. The molecule has 5 nitrogen and oxygen atoms in total. The third-order valence-corrected chi connectivity index (χ3v) is 4.52. The number of hydrogen-bond acceptors (Lipinski definition) is 5. The highest BCUT2D eigenvalue weighted by Gasteiger charge is 2.25. The van der Waals surface area contributed by atoms with Gasteiger partial charge in [0, 0.05) is 12.2 Å². The van der Waals surface area contributed by atoms with Gasteiger partial charge >= 0.3 is 5.97 Å². The molecule has 8 heteroatoms. The smallest absolute Gasteiger partial charge is 0.341 e. The lowest BCUT2D eigenvalue weighted by Crippen LogP contribution is -2.42. The van der Waals surface area contributed by atoms with E-state index in [-0.39, 0.29) is 34.3 Å². The molecule has 1 amide bonds. The van der Waals surface area contributed by atoms with Gasteiger partial charge in [0.1, 0.15) is 5.03 Å². The predicted octanol–water partition coefficient (Wildman–Crippen LogP) is 3.39. The topological polar surface area (TPSA) is 68.3 Å². The number of nitrogens with one attached hydrogen (secondary N) is 1. The quantitative estimate of drug-likeness (QED) is 0.624. The van der Waals surface area contributed by atoms with Crippen molar-refractivity contribution in [1.82, 2.24) is 10.3 Å². The second-order valence-corrected chi connectivity index (χ2v) is 6.60. The minimum absolute atomic E-state index is 0.0693. The Kier molecular flexibility index (Phi) is 6.96. The van der Waals surface area contributed by atoms with E-state index in [0.717, 1.165) is 25.7 Å². The average molecular weight is 358 g/mol. The fraction of sp³-hybridized carbons (Fsp3) is 0.562. The first-order valence-corrected chi connectivity index (χ1v) is 8.76. The van der Waals surface area contributed by atoms with Crippen molar-refractivity contribution in [3.05, 3.63) is 23.9 Å². The van der Waals surface area contributed by atoms with Gasteiger partial charge in [0.25, 0.3) is 11.7 Å². The maximum atomic E-state index is 12.5. The van der Waals surface area contributed by atoms with Crippen LogP contribution in [0.2, 0.25) is 0 Å². The van der Waals surface area contributed by atoms with Crippen molar-refractivity contribution in [3.8, 4) is 0 Å². The maximum absolute atomic E-state index is 12.5. The van der Waals surface area contributed by atoms with Crippen LogP contribution in [0, 0.1) is 0 Å². The number of ether oxygens (including phenoxy) is 1. The van der Waals surface area contributed by atoms with Crippen LogP contribution in [-0.4, -0.2) is 34.8 Å². The number of alkyl halides is 2. The molecule has 24 heavy (non-hydrogen) atoms. The SMILES string of the molecule is CC(OC(=O)c1cccnc1SC(F)F)C(=O)NC1CCCCC1. The van der Waals surface area contributed by atoms with E-state index in [1.165, 1.54) is 31.7 Å². The summed E-state index contributed by atoms with van der Waals surface area (Å²) in [5, 5.41) is 2.75. The fourth-order valence-electron chi connectivity index (χ4n) is 2.57. The zero-order valence-electron chi connectivity index (χ0n) is 13.3. The van der Waals surface area contributed by atoms with Crippen LogP contribution < -0.4 is 5.32 Å². The van der Waals surface area contributed by atoms with Gasteiger partial charge in [-0.2, -0.15) is 8.78 Å². The summed E-state index contributed by atoms with van der Waals surface area (Å²) in [6, 6.07) is 2.92. The maximum Gasteiger partial charge on any atom is 0.341 e. The number of esters is 1. The molecule has 1 aliphatic carbocycles. The molecule has 1 unspecified atom stereocenters. The largest absolute Gasteiger partial charge is 0.449 e. The molecule has 132 valence electrons. The number of carbonyl (C=O) groups excluding carboxylic acids is 2. The molecule has 0 aliphatic heterocycles. The number of carbonyl (C=O) groups is 2. The summed E-state index contributed by atoms with van der Waals surface area (Å²) in [6.07, 6.45) is 5.48. The monoisotopic (exact) mass is 358 g/mol. The van der Waals surface area contributed by atoms with Crippen molar-refractivity contribution in [2.75, 3.05) is 0 Å². The van der Waals surface area contributed by atoms with Crippen molar-refractivity contribution >= 4 is 23.6 Å². The van der Waals surface area contributed by atoms with Gasteiger partial charge in [0.15, 0.2) is 6.10 Å². The minimum atomic E-state index is -2.70. The third-order valence-electron chi connectivity index (χ3n) is 3.80. The molecule has 1 aromatic rings. The Morgan fingerprint density at radius 1 is 1.33 bits per heavy atom. The lowest BCUT2D eigenvalue weighted by Gasteiger charge is -2.24. The number of aromatic nitrogens is 1. The Labute approximate surface area is 143 Å². The number of thioether (sulfide) groups is 1. The fourth-order valence-corrected chi connectivity index (χ4v) is 3.14. The van der Waals surface area contributed by atoms with Gasteiger partial charge in [0.2, 0.25) is 0 Å². The zero-order chi connectivity index (χ0) is 17.5. The number of rotatable bonds is 6. The van der Waals surface area contributed by atoms with Crippen molar-refractivity contribution in [2.45, 2.75) is 62.0 Å². The summed E-state index contributed by atoms with van der Waals surface area (Å²) in [6.45, 7) is 1.46. The van der Waals surface area contributed by atoms with Crippen molar-refractivity contribution in [1.29, 1.82) is 0 Å². The lowest BCUT2D eigenvalue weighted by molar-refractivity contribution is -0.130. The highest BCUT2D eigenvalue weighted by Crippen LogP contribution is 2.27. The Bertz CT molecular complexity index is 580. The number of halogens is 2. The number of amides is 1. The van der Waals surface area contributed by atoms with E-state index in [9.17, 15) is 18.4 Å². The van der Waals surface area contributed by atoms with Gasteiger partial charge in [0.05, 0.1) is 5.56 Å². The van der Waals surface area contributed by atoms with Gasteiger partial charge in [-0.25, -0.2) is 9.78 Å². The molecule has 1 atom stereocenters. The summed E-state index contributed by atoms with van der Waals surface area (Å²) < 4.78 is 30.2. The zero-order valence-corrected chi connectivity index (χ0v) is 14.2. The van der Waals surface area contributed by atoms with E-state index < -0.39 is 17.8 Å². The minimum Gasteiger partial charge on any atom is -0.449 e. The predicted molar refractivity (Wildman–Crippen MR) is 86.0 cm³/mol. The Balaban J connectivity index is 1.94. The van der Waals surface area contributed by atoms with E-state index in [1.807, 2.05) is 0 Å². The van der Waals surface area contributed by atoms with Crippen LogP contribution in [0.25, 0.3) is 0 Å². The van der Waals surface area contributed by atoms with Crippen LogP contribution in [0.3, 0.4) is 0 Å². The summed E-state index contributed by atoms with van der Waals surface area (Å²) in [7, 11) is 0. The summed E-state index contributed by atoms with van der Waals surface area (Å²) in [5.74, 6) is -3.90. The molecular formula is C16H20F2N2O3S. The molecule has 1 aliphatic rings. The summed E-state index contributed by atoms with van der Waals surface area (Å²) in [5.41, 5.74) is -0.0693. The third kappa shape index (κ3) is 5.43. The van der Waals surface area contributed by atoms with Gasteiger partial charge in [-0.3, -0.25) is 4.79 Å². The van der Waals surface area contributed by atoms with E-state index in [2.05, 4.69) is 10.3 Å². The molecule has 2 rings (SSSR count). The van der Waals surface area contributed by atoms with Crippen molar-refractivity contribution in [2.24, 2.45) is 0 Å². The van der Waals surface area contributed by atoms with Crippen molar-refractivity contribution in [3.63, 3.8) is 0 Å². The van der Waals surface area contributed by atoms with Gasteiger partial charge < -0.3 is 10.1 Å². The van der Waals surface area contributed by atoms with Gasteiger partial charge in [-0.15, -0.1) is 0 Å². The normalized spacial score (nSPS) is 16.7. The molecule has 0 bridgehead atoms. The van der Waals surface area contributed by atoms with Gasteiger partial charge in [-0.1, -0.05) is 19.3 Å². The van der Waals surface area contributed by atoms with E-state index in [4.69, 9.17) is 4.74 Å². The lowest BCUT2D eigenvalue weighted by atomic mass is 9.95. The first kappa shape index (κ1) is 18.6. The highest BCUT2D eigenvalue weighted by atomic mass is 32.2. The van der Waals surface area contributed by atoms with Crippen LogP contribution in [0.15, 0.2) is 23.4 Å². The molecule has 0 radical (unpaired) electrons. The number of pyridine rings is 1. The van der Waals surface area contributed by atoms with Crippen LogP contribution >= 0.6 is 11.8 Å². The molecule has 1 fully saturated rings. The molecule has 0 spiro atoms. The molecule has 0 saturated heterocycles. The molecule has 1 aromatic heterocycles. The van der Waals surface area contributed by atoms with Crippen LogP contribution in [0.4, 0.5) is 8.78 Å². The number of hydrogen-bond donors (Lipinski definition) is 1. The van der Waals surface area contributed by atoms with Crippen molar-refractivity contribution < 1.29 is 23.1 Å². The van der Waals surface area contributed by atoms with E-state index >= 15 is 0 Å². The Morgan fingerprint density at radius 3 is 2.71 bits per heavy atom.